The third-order valence-corrected chi connectivity index (χ3v) is 5.31. The first kappa shape index (κ1) is 21.2. The van der Waals surface area contributed by atoms with Crippen LogP contribution in [0.4, 0.5) is 0 Å². The molecule has 0 spiro atoms. The molecular weight excluding hydrogens is 323 g/mol. The molecule has 5 heteroatoms. The fourth-order valence-electron chi connectivity index (χ4n) is 2.56. The van der Waals surface area contributed by atoms with Crippen LogP contribution in [-0.4, -0.2) is 16.6 Å². The van der Waals surface area contributed by atoms with Gasteiger partial charge in [-0.1, -0.05) is 67.0 Å². The molecule has 0 amide bonds. The first-order valence-corrected chi connectivity index (χ1v) is 10.4. The second-order valence-corrected chi connectivity index (χ2v) is 10.4. The van der Waals surface area contributed by atoms with Crippen molar-refractivity contribution in [1.29, 1.82) is 0 Å². The van der Waals surface area contributed by atoms with Crippen molar-refractivity contribution in [1.82, 2.24) is 0 Å². The molecule has 0 aromatic heterocycles. The smallest absolute Gasteiger partial charge is 0.332 e. The Morgan fingerprint density at radius 2 is 1.50 bits per heavy atom. The molecule has 0 aliphatic rings. The van der Waals surface area contributed by atoms with Gasteiger partial charge < -0.3 is 14.5 Å². The first-order valence-electron chi connectivity index (χ1n) is 8.61. The number of hydrogen-bond acceptors (Lipinski definition) is 3. The summed E-state index contributed by atoms with van der Waals surface area (Å²) >= 11 is 0. The molecule has 4 nitrogen and oxygen atoms in total. The van der Waals surface area contributed by atoms with E-state index in [0.717, 1.165) is 29.5 Å². The predicted molar refractivity (Wildman–Crippen MR) is 99.9 cm³/mol. The summed E-state index contributed by atoms with van der Waals surface area (Å²) in [6.07, 6.45) is 1.64. The zero-order valence-electron chi connectivity index (χ0n) is 16.1. The van der Waals surface area contributed by atoms with E-state index >= 15 is 0 Å². The van der Waals surface area contributed by atoms with Crippen LogP contribution in [0.2, 0.25) is 0 Å². The topological polar surface area (TPSA) is 66.8 Å². The Morgan fingerprint density at radius 1 is 1.04 bits per heavy atom. The number of unbranched alkanes of at least 4 members (excludes halogenated alkanes) is 1. The second kappa shape index (κ2) is 7.59. The van der Waals surface area contributed by atoms with E-state index in [1.807, 2.05) is 60.6 Å². The molecule has 1 aromatic rings. The van der Waals surface area contributed by atoms with E-state index in [1.165, 1.54) is 0 Å². The molecule has 1 unspecified atom stereocenters. The minimum atomic E-state index is -3.69. The first-order chi connectivity index (χ1) is 10.8. The van der Waals surface area contributed by atoms with Gasteiger partial charge in [0, 0.05) is 0 Å². The van der Waals surface area contributed by atoms with E-state index in [4.69, 9.17) is 4.52 Å². The molecule has 2 N–H and O–H groups in total. The van der Waals surface area contributed by atoms with Crippen LogP contribution in [0.25, 0.3) is 0 Å². The van der Waals surface area contributed by atoms with Crippen molar-refractivity contribution in [3.8, 4) is 5.75 Å². The monoisotopic (exact) mass is 356 g/mol. The van der Waals surface area contributed by atoms with Gasteiger partial charge in [0.15, 0.2) is 0 Å². The molecule has 1 aromatic carbocycles. The molecule has 0 bridgehead atoms. The molecular formula is C19H33O4P. The Kier molecular flexibility index (Phi) is 6.71. The van der Waals surface area contributed by atoms with E-state index in [-0.39, 0.29) is 22.7 Å². The van der Waals surface area contributed by atoms with Crippen molar-refractivity contribution in [3.63, 3.8) is 0 Å². The van der Waals surface area contributed by atoms with Gasteiger partial charge in [-0.15, -0.1) is 0 Å². The van der Waals surface area contributed by atoms with Crippen LogP contribution in [0.5, 0.6) is 5.75 Å². The van der Waals surface area contributed by atoms with Crippen molar-refractivity contribution in [2.45, 2.75) is 78.3 Å². The van der Waals surface area contributed by atoms with Crippen LogP contribution in [-0.2, 0) is 26.1 Å². The Labute approximate surface area is 146 Å². The van der Waals surface area contributed by atoms with E-state index in [2.05, 4.69) is 0 Å². The third kappa shape index (κ3) is 5.91. The highest BCUT2D eigenvalue weighted by molar-refractivity contribution is 7.51. The molecule has 0 aliphatic heterocycles. The highest BCUT2D eigenvalue weighted by atomic mass is 31.2. The van der Waals surface area contributed by atoms with Gasteiger partial charge in [0.05, 0.1) is 12.8 Å². The quantitative estimate of drug-likeness (QED) is 0.522. The van der Waals surface area contributed by atoms with Gasteiger partial charge in [-0.3, -0.25) is 4.57 Å². The fourth-order valence-corrected chi connectivity index (χ4v) is 3.71. The largest absolute Gasteiger partial charge is 0.507 e. The molecule has 0 saturated carbocycles. The number of phenolic OH excluding ortho intramolecular Hbond substituents is 1. The predicted octanol–water partition coefficient (Wildman–Crippen LogP) is 5.49. The van der Waals surface area contributed by atoms with Gasteiger partial charge in [0.2, 0.25) is 0 Å². The summed E-state index contributed by atoms with van der Waals surface area (Å²) < 4.78 is 17.5. The maximum atomic E-state index is 12.3. The normalized spacial score (nSPS) is 15.3. The average molecular weight is 356 g/mol. The van der Waals surface area contributed by atoms with Gasteiger partial charge in [-0.05, 0) is 33.9 Å². The van der Waals surface area contributed by atoms with Gasteiger partial charge in [-0.2, -0.15) is 0 Å². The Bertz CT molecular complexity index is 574. The van der Waals surface area contributed by atoms with Gasteiger partial charge in [-0.25, -0.2) is 0 Å². The van der Waals surface area contributed by atoms with Crippen molar-refractivity contribution in [3.05, 3.63) is 28.8 Å². The minimum Gasteiger partial charge on any atom is -0.507 e. The zero-order valence-corrected chi connectivity index (χ0v) is 17.0. The average Bonchev–Trinajstić information content (AvgIpc) is 2.37. The lowest BCUT2D eigenvalue weighted by molar-refractivity contribution is 0.254. The highest BCUT2D eigenvalue weighted by Gasteiger charge is 2.28. The van der Waals surface area contributed by atoms with Crippen LogP contribution in [0.3, 0.4) is 0 Å². The summed E-state index contributed by atoms with van der Waals surface area (Å²) in [7, 11) is -3.69. The Balaban J connectivity index is 3.27. The van der Waals surface area contributed by atoms with Crippen molar-refractivity contribution in [2.75, 3.05) is 6.61 Å². The van der Waals surface area contributed by atoms with Gasteiger partial charge in [0.1, 0.15) is 5.75 Å². The lowest BCUT2D eigenvalue weighted by Gasteiger charge is -2.28. The summed E-state index contributed by atoms with van der Waals surface area (Å²) in [5.41, 5.74) is 1.78. The minimum absolute atomic E-state index is 0.0385. The van der Waals surface area contributed by atoms with E-state index in [9.17, 15) is 14.6 Å². The molecule has 24 heavy (non-hydrogen) atoms. The third-order valence-electron chi connectivity index (χ3n) is 3.96. The Hall–Kier alpha value is -0.830. The highest BCUT2D eigenvalue weighted by Crippen LogP contribution is 2.48. The van der Waals surface area contributed by atoms with Gasteiger partial charge in [0.25, 0.3) is 0 Å². The van der Waals surface area contributed by atoms with Crippen molar-refractivity contribution in [2.24, 2.45) is 0 Å². The summed E-state index contributed by atoms with van der Waals surface area (Å²) in [5, 5.41) is 10.7. The van der Waals surface area contributed by atoms with E-state index in [1.54, 1.807) is 0 Å². The van der Waals surface area contributed by atoms with E-state index in [0.29, 0.717) is 6.61 Å². The molecule has 1 rings (SSSR count). The summed E-state index contributed by atoms with van der Waals surface area (Å²) in [5.74, 6) is 0.276. The zero-order chi connectivity index (χ0) is 18.8. The molecule has 0 fully saturated rings. The van der Waals surface area contributed by atoms with Crippen LogP contribution >= 0.6 is 7.60 Å². The second-order valence-electron chi connectivity index (χ2n) is 8.52. The van der Waals surface area contributed by atoms with E-state index < -0.39 is 7.60 Å². The van der Waals surface area contributed by atoms with Crippen LogP contribution in [0.1, 0.15) is 78.0 Å². The molecule has 0 saturated heterocycles. The van der Waals surface area contributed by atoms with Crippen molar-refractivity contribution >= 4 is 7.60 Å². The van der Waals surface area contributed by atoms with Crippen LogP contribution in [0.15, 0.2) is 12.1 Å². The lowest BCUT2D eigenvalue weighted by Crippen LogP contribution is -2.18. The molecule has 138 valence electrons. The molecule has 0 radical (unpaired) electrons. The van der Waals surface area contributed by atoms with Crippen LogP contribution in [0, 0.1) is 0 Å². The number of aromatic hydroxyl groups is 1. The standard InChI is InChI=1S/C19H33O4P/c1-8-9-10-23-24(21,22)13-14-11-15(18(2,3)4)17(20)16(12-14)19(5,6)7/h11-12,20H,8-10,13H2,1-7H3,(H,21,22). The maximum Gasteiger partial charge on any atom is 0.332 e. The number of phenols is 1. The maximum absolute atomic E-state index is 12.3. The Morgan fingerprint density at radius 3 is 1.88 bits per heavy atom. The molecule has 0 heterocycles. The molecule has 0 aliphatic carbocycles. The number of rotatable bonds is 6. The molecule has 1 atom stereocenters. The van der Waals surface area contributed by atoms with Crippen LogP contribution < -0.4 is 0 Å². The van der Waals surface area contributed by atoms with Crippen molar-refractivity contribution < 1.29 is 19.1 Å². The fraction of sp³-hybridized carbons (Fsp3) is 0.684. The summed E-state index contributed by atoms with van der Waals surface area (Å²) in [4.78, 5) is 10.1. The summed E-state index contributed by atoms with van der Waals surface area (Å²) in [6, 6.07) is 3.66. The number of hydrogen-bond donors (Lipinski definition) is 2. The number of benzene rings is 1. The SMILES string of the molecule is CCCCOP(=O)(O)Cc1cc(C(C)(C)C)c(O)c(C(C)(C)C)c1. The van der Waals surface area contributed by atoms with Gasteiger partial charge >= 0.3 is 7.60 Å². The lowest BCUT2D eigenvalue weighted by atomic mass is 9.78. The summed E-state index contributed by atoms with van der Waals surface area (Å²) in [6.45, 7) is 14.4.